The third-order valence-corrected chi connectivity index (χ3v) is 11.8. The summed E-state index contributed by atoms with van der Waals surface area (Å²) < 4.78 is 2.35. The third-order valence-electron chi connectivity index (χ3n) is 11.8. The van der Waals surface area contributed by atoms with Gasteiger partial charge in [0.1, 0.15) is 0 Å². The van der Waals surface area contributed by atoms with E-state index >= 15 is 0 Å². The largest absolute Gasteiger partial charge is 0.309 e. The summed E-state index contributed by atoms with van der Waals surface area (Å²) in [6.07, 6.45) is 0. The summed E-state index contributed by atoms with van der Waals surface area (Å²) in [5.74, 6) is 0.708. The molecule has 0 bridgehead atoms. The maximum atomic E-state index is 5.16. The summed E-state index contributed by atoms with van der Waals surface area (Å²) in [6.45, 7) is 4.73. The fraction of sp³-hybridized carbons (Fsp3) is 0.0566. The second-order valence-corrected chi connectivity index (χ2v) is 15.4. The summed E-state index contributed by atoms with van der Waals surface area (Å²) in [5.41, 5.74) is 16.2. The minimum absolute atomic E-state index is 0.103. The molecule has 0 spiro atoms. The van der Waals surface area contributed by atoms with Crippen LogP contribution < -0.4 is 0 Å². The normalized spacial score (nSPS) is 13.0. The van der Waals surface area contributed by atoms with Crippen LogP contribution >= 0.6 is 0 Å². The molecule has 1 aliphatic carbocycles. The lowest BCUT2D eigenvalue weighted by molar-refractivity contribution is 0.666. The average Bonchev–Trinajstić information content (AvgIpc) is 3.72. The van der Waals surface area contributed by atoms with Crippen LogP contribution in [-0.2, 0) is 5.41 Å². The van der Waals surface area contributed by atoms with Gasteiger partial charge in [0.2, 0.25) is 0 Å². The molecular formula is C53H37N3. The molecule has 8 aromatic carbocycles. The van der Waals surface area contributed by atoms with E-state index in [0.717, 1.165) is 33.8 Å². The molecule has 0 saturated carbocycles. The summed E-state index contributed by atoms with van der Waals surface area (Å²) in [4.78, 5) is 10.3. The molecule has 0 aliphatic heterocycles. The Morgan fingerprint density at radius 1 is 0.429 bits per heavy atom. The molecular weight excluding hydrogens is 679 g/mol. The molecule has 0 N–H and O–H groups in total. The van der Waals surface area contributed by atoms with Crippen LogP contribution in [0.4, 0.5) is 0 Å². The molecule has 1 aliphatic rings. The summed E-state index contributed by atoms with van der Waals surface area (Å²) in [7, 11) is 0. The maximum absolute atomic E-state index is 5.16. The van der Waals surface area contributed by atoms with E-state index in [1.54, 1.807) is 0 Å². The van der Waals surface area contributed by atoms with Crippen LogP contribution in [0.3, 0.4) is 0 Å². The van der Waals surface area contributed by atoms with Crippen LogP contribution in [0.2, 0.25) is 0 Å². The Hall–Kier alpha value is -7.10. The smallest absolute Gasteiger partial charge is 0.160 e. The molecule has 3 heteroatoms. The Bertz CT molecular complexity index is 3080. The lowest BCUT2D eigenvalue weighted by atomic mass is 9.79. The monoisotopic (exact) mass is 715 g/mol. The zero-order valence-electron chi connectivity index (χ0n) is 31.2. The molecule has 264 valence electrons. The summed E-state index contributed by atoms with van der Waals surface area (Å²) in [6, 6.07) is 67.5. The highest BCUT2D eigenvalue weighted by molar-refractivity contribution is 6.09. The van der Waals surface area contributed by atoms with Crippen LogP contribution in [0.5, 0.6) is 0 Å². The minimum Gasteiger partial charge on any atom is -0.309 e. The minimum atomic E-state index is -0.103. The Labute approximate surface area is 326 Å². The quantitative estimate of drug-likeness (QED) is 0.178. The number of rotatable bonds is 5. The molecule has 0 fully saturated rings. The standard InChI is InChI=1S/C53H37N3/c1-53(2)45-21-11-8-20-43(45)50-44(32-38-16-6-7-17-40(38)51(50)53)34-24-26-35(27-25-34)46-33-47(55-52(54-46)37-14-4-3-5-15-37)36-28-30-39(31-29-36)56-48-22-12-9-18-41(48)42-19-10-13-23-49(42)56/h3-33H,1-2H3. The van der Waals surface area contributed by atoms with E-state index in [1.807, 2.05) is 18.2 Å². The Kier molecular flexibility index (Phi) is 7.20. The number of nitrogens with zero attached hydrogens (tertiary/aromatic N) is 3. The van der Waals surface area contributed by atoms with Crippen LogP contribution in [0.25, 0.3) is 94.4 Å². The summed E-state index contributed by atoms with van der Waals surface area (Å²) >= 11 is 0. The second-order valence-electron chi connectivity index (χ2n) is 15.4. The van der Waals surface area contributed by atoms with Crippen LogP contribution in [-0.4, -0.2) is 14.5 Å². The highest BCUT2D eigenvalue weighted by Gasteiger charge is 2.38. The van der Waals surface area contributed by atoms with Gasteiger partial charge in [-0.1, -0.05) is 166 Å². The number of hydrogen-bond acceptors (Lipinski definition) is 2. The van der Waals surface area contributed by atoms with Crippen molar-refractivity contribution in [1.82, 2.24) is 14.5 Å². The second kappa shape index (κ2) is 12.5. The topological polar surface area (TPSA) is 30.7 Å². The SMILES string of the molecule is CC1(C)c2ccccc2-c2c(-c3ccc(-c4cc(-c5ccc(-n6c7ccccc7c7ccccc76)cc5)nc(-c5ccccc5)n4)cc3)cc3ccccc3c21. The first-order chi connectivity index (χ1) is 27.5. The zero-order chi connectivity index (χ0) is 37.4. The molecule has 10 aromatic rings. The van der Waals surface area contributed by atoms with E-state index in [1.165, 1.54) is 66.0 Å². The van der Waals surface area contributed by atoms with Gasteiger partial charge in [-0.2, -0.15) is 0 Å². The zero-order valence-corrected chi connectivity index (χ0v) is 31.2. The first-order valence-corrected chi connectivity index (χ1v) is 19.3. The van der Waals surface area contributed by atoms with Crippen LogP contribution in [0, 0.1) is 0 Å². The Morgan fingerprint density at radius 3 is 1.64 bits per heavy atom. The number of aromatic nitrogens is 3. The number of para-hydroxylation sites is 2. The maximum Gasteiger partial charge on any atom is 0.160 e. The van der Waals surface area contributed by atoms with Crippen molar-refractivity contribution in [1.29, 1.82) is 0 Å². The molecule has 0 amide bonds. The fourth-order valence-electron chi connectivity index (χ4n) is 9.15. The van der Waals surface area contributed by atoms with Crippen molar-refractivity contribution in [2.75, 3.05) is 0 Å². The average molecular weight is 716 g/mol. The van der Waals surface area contributed by atoms with E-state index in [9.17, 15) is 0 Å². The third kappa shape index (κ3) is 4.98. The van der Waals surface area contributed by atoms with Crippen molar-refractivity contribution >= 4 is 32.6 Å². The number of fused-ring (bicyclic) bond motifs is 8. The van der Waals surface area contributed by atoms with E-state index in [4.69, 9.17) is 9.97 Å². The van der Waals surface area contributed by atoms with Crippen molar-refractivity contribution in [3.05, 3.63) is 199 Å². The van der Waals surface area contributed by atoms with Crippen LogP contribution in [0.1, 0.15) is 25.0 Å². The lowest BCUT2D eigenvalue weighted by Gasteiger charge is -2.24. The lowest BCUT2D eigenvalue weighted by Crippen LogP contribution is -2.15. The van der Waals surface area contributed by atoms with E-state index < -0.39 is 0 Å². The van der Waals surface area contributed by atoms with Gasteiger partial charge in [-0.05, 0) is 80.6 Å². The predicted octanol–water partition coefficient (Wildman–Crippen LogP) is 13.7. The van der Waals surface area contributed by atoms with E-state index in [2.05, 4.69) is 188 Å². The molecule has 2 heterocycles. The van der Waals surface area contributed by atoms with Gasteiger partial charge in [-0.3, -0.25) is 0 Å². The first kappa shape index (κ1) is 32.3. The van der Waals surface area contributed by atoms with Gasteiger partial charge < -0.3 is 4.57 Å². The molecule has 0 unspecified atom stereocenters. The van der Waals surface area contributed by atoms with Gasteiger partial charge in [0.05, 0.1) is 22.4 Å². The van der Waals surface area contributed by atoms with Crippen molar-refractivity contribution in [2.45, 2.75) is 19.3 Å². The highest BCUT2D eigenvalue weighted by atomic mass is 15.0. The predicted molar refractivity (Wildman–Crippen MR) is 233 cm³/mol. The fourth-order valence-corrected chi connectivity index (χ4v) is 9.15. The molecule has 0 atom stereocenters. The number of hydrogen-bond donors (Lipinski definition) is 0. The Morgan fingerprint density at radius 2 is 0.964 bits per heavy atom. The van der Waals surface area contributed by atoms with Crippen molar-refractivity contribution < 1.29 is 0 Å². The molecule has 11 rings (SSSR count). The van der Waals surface area contributed by atoms with Gasteiger partial charge in [0.25, 0.3) is 0 Å². The van der Waals surface area contributed by atoms with Crippen molar-refractivity contribution in [3.63, 3.8) is 0 Å². The molecule has 56 heavy (non-hydrogen) atoms. The van der Waals surface area contributed by atoms with Gasteiger partial charge in [-0.15, -0.1) is 0 Å². The Balaban J connectivity index is 1.02. The van der Waals surface area contributed by atoms with Gasteiger partial charge >= 0.3 is 0 Å². The summed E-state index contributed by atoms with van der Waals surface area (Å²) in [5, 5.41) is 5.10. The van der Waals surface area contributed by atoms with Crippen molar-refractivity contribution in [3.8, 4) is 61.8 Å². The van der Waals surface area contributed by atoms with Gasteiger partial charge in [0.15, 0.2) is 5.82 Å². The molecule has 0 saturated heterocycles. The van der Waals surface area contributed by atoms with Gasteiger partial charge in [-0.25, -0.2) is 9.97 Å². The van der Waals surface area contributed by atoms with E-state index in [-0.39, 0.29) is 5.41 Å². The highest BCUT2D eigenvalue weighted by Crippen LogP contribution is 2.54. The number of benzene rings is 8. The molecule has 2 aromatic heterocycles. The van der Waals surface area contributed by atoms with Crippen molar-refractivity contribution in [2.24, 2.45) is 0 Å². The molecule has 3 nitrogen and oxygen atoms in total. The van der Waals surface area contributed by atoms with Crippen LogP contribution in [0.15, 0.2) is 188 Å². The van der Waals surface area contributed by atoms with Gasteiger partial charge in [0, 0.05) is 38.6 Å². The first-order valence-electron chi connectivity index (χ1n) is 19.3. The van der Waals surface area contributed by atoms with E-state index in [0.29, 0.717) is 5.82 Å². The molecule has 0 radical (unpaired) electrons.